The van der Waals surface area contributed by atoms with Crippen LogP contribution in [-0.4, -0.2) is 17.0 Å². The molecule has 2 N–H and O–H groups in total. The van der Waals surface area contributed by atoms with Gasteiger partial charge in [0.05, 0.1) is 6.54 Å². The minimum absolute atomic E-state index is 0.152. The van der Waals surface area contributed by atoms with Crippen molar-refractivity contribution in [3.05, 3.63) is 83.2 Å². The second-order valence-electron chi connectivity index (χ2n) is 5.50. The number of nitrogens with one attached hydrogen (secondary N) is 2. The van der Waals surface area contributed by atoms with Gasteiger partial charge in [0.1, 0.15) is 0 Å². The number of aromatic nitrogens is 1. The molecule has 2 aromatic carbocycles. The Morgan fingerprint density at radius 1 is 1.00 bits per heavy atom. The van der Waals surface area contributed by atoms with Crippen LogP contribution in [0, 0.1) is 6.92 Å². The number of rotatable bonds is 5. The summed E-state index contributed by atoms with van der Waals surface area (Å²) < 4.78 is 5.11. The molecule has 0 aliphatic rings. The molecular weight excluding hydrogens is 318 g/mol. The minimum Gasteiger partial charge on any atom is -0.359 e. The summed E-state index contributed by atoms with van der Waals surface area (Å²) in [6.45, 7) is 2.02. The predicted molar refractivity (Wildman–Crippen MR) is 93.2 cm³/mol. The van der Waals surface area contributed by atoms with Gasteiger partial charge in [0, 0.05) is 17.3 Å². The van der Waals surface area contributed by atoms with E-state index in [0.717, 1.165) is 5.56 Å². The Hall–Kier alpha value is -3.41. The van der Waals surface area contributed by atoms with Crippen molar-refractivity contribution in [3.8, 4) is 0 Å². The quantitative estimate of drug-likeness (QED) is 0.750. The predicted octanol–water partition coefficient (Wildman–Crippen LogP) is 3.17. The Morgan fingerprint density at radius 3 is 2.48 bits per heavy atom. The molecule has 0 radical (unpaired) electrons. The van der Waals surface area contributed by atoms with Crippen molar-refractivity contribution in [2.45, 2.75) is 13.5 Å². The molecule has 0 saturated heterocycles. The van der Waals surface area contributed by atoms with Gasteiger partial charge in [-0.05, 0) is 30.7 Å². The van der Waals surface area contributed by atoms with Crippen LogP contribution < -0.4 is 10.6 Å². The van der Waals surface area contributed by atoms with Crippen molar-refractivity contribution in [1.29, 1.82) is 0 Å². The van der Waals surface area contributed by atoms with Crippen molar-refractivity contribution in [3.63, 3.8) is 0 Å². The van der Waals surface area contributed by atoms with E-state index >= 15 is 0 Å². The van der Waals surface area contributed by atoms with E-state index in [1.807, 2.05) is 43.3 Å². The molecule has 0 bridgehead atoms. The van der Waals surface area contributed by atoms with E-state index in [1.54, 1.807) is 18.2 Å². The molecular formula is C19H17N3O3. The van der Waals surface area contributed by atoms with E-state index in [4.69, 9.17) is 4.52 Å². The molecule has 3 rings (SSSR count). The number of para-hydroxylation sites is 1. The third-order valence-electron chi connectivity index (χ3n) is 3.64. The molecule has 0 spiro atoms. The molecule has 0 unspecified atom stereocenters. The maximum absolute atomic E-state index is 12.2. The number of carbonyl (C=O) groups is 2. The van der Waals surface area contributed by atoms with E-state index in [9.17, 15) is 9.59 Å². The lowest BCUT2D eigenvalue weighted by molar-refractivity contribution is 0.0944. The molecule has 0 saturated carbocycles. The summed E-state index contributed by atoms with van der Waals surface area (Å²) in [4.78, 5) is 24.3. The van der Waals surface area contributed by atoms with Crippen LogP contribution in [0.25, 0.3) is 0 Å². The summed E-state index contributed by atoms with van der Waals surface area (Å²) in [5.74, 6) is -0.170. The Labute approximate surface area is 144 Å². The number of amides is 2. The van der Waals surface area contributed by atoms with Crippen molar-refractivity contribution >= 4 is 17.5 Å². The van der Waals surface area contributed by atoms with Gasteiger partial charge < -0.3 is 15.2 Å². The highest BCUT2D eigenvalue weighted by molar-refractivity contribution is 6.02. The van der Waals surface area contributed by atoms with Gasteiger partial charge in [-0.2, -0.15) is 0 Å². The van der Waals surface area contributed by atoms with Crippen LogP contribution in [-0.2, 0) is 6.54 Å². The fraction of sp³-hybridized carbons (Fsp3) is 0.105. The summed E-state index contributed by atoms with van der Waals surface area (Å²) in [7, 11) is 0. The van der Waals surface area contributed by atoms with Gasteiger partial charge in [-0.3, -0.25) is 9.59 Å². The van der Waals surface area contributed by atoms with Gasteiger partial charge in [0.2, 0.25) is 0 Å². The van der Waals surface area contributed by atoms with Crippen LogP contribution in [0.2, 0.25) is 0 Å². The zero-order valence-corrected chi connectivity index (χ0v) is 13.7. The van der Waals surface area contributed by atoms with E-state index in [1.165, 1.54) is 6.07 Å². The van der Waals surface area contributed by atoms with Gasteiger partial charge in [-0.25, -0.2) is 0 Å². The molecule has 126 valence electrons. The van der Waals surface area contributed by atoms with Crippen LogP contribution in [0.15, 0.2) is 65.2 Å². The Balaban J connectivity index is 1.59. The molecule has 2 amide bonds. The van der Waals surface area contributed by atoms with Crippen molar-refractivity contribution in [1.82, 2.24) is 10.5 Å². The zero-order valence-electron chi connectivity index (χ0n) is 13.7. The second kappa shape index (κ2) is 7.44. The number of aryl methyl sites for hydroxylation is 1. The largest absolute Gasteiger partial charge is 0.359 e. The molecule has 1 heterocycles. The van der Waals surface area contributed by atoms with Crippen LogP contribution in [0.1, 0.15) is 32.2 Å². The van der Waals surface area contributed by atoms with Crippen LogP contribution in [0.3, 0.4) is 0 Å². The van der Waals surface area contributed by atoms with Crippen molar-refractivity contribution in [2.24, 2.45) is 0 Å². The molecule has 0 atom stereocenters. The Bertz CT molecular complexity index is 888. The second-order valence-corrected chi connectivity index (χ2v) is 5.50. The Kier molecular flexibility index (Phi) is 4.89. The number of nitrogens with zero attached hydrogens (tertiary/aromatic N) is 1. The van der Waals surface area contributed by atoms with E-state index in [-0.39, 0.29) is 24.1 Å². The standard InChI is InChI=1S/C19H17N3O3/c1-13-7-5-6-10-16(13)18(23)20-12-15-11-17(22-25-15)19(24)21-14-8-3-2-4-9-14/h2-11H,12H2,1H3,(H,20,23)(H,21,24). The Morgan fingerprint density at radius 2 is 1.72 bits per heavy atom. The third kappa shape index (κ3) is 4.11. The lowest BCUT2D eigenvalue weighted by Crippen LogP contribution is -2.23. The van der Waals surface area contributed by atoms with Gasteiger partial charge in [-0.15, -0.1) is 0 Å². The zero-order chi connectivity index (χ0) is 17.6. The summed E-state index contributed by atoms with van der Waals surface area (Å²) in [6, 6.07) is 17.9. The molecule has 0 fully saturated rings. The highest BCUT2D eigenvalue weighted by Gasteiger charge is 2.14. The van der Waals surface area contributed by atoms with E-state index in [2.05, 4.69) is 15.8 Å². The number of hydrogen-bond donors (Lipinski definition) is 2. The highest BCUT2D eigenvalue weighted by Crippen LogP contribution is 2.10. The van der Waals surface area contributed by atoms with Crippen LogP contribution in [0.4, 0.5) is 5.69 Å². The maximum atomic E-state index is 12.2. The minimum atomic E-state index is -0.369. The summed E-state index contributed by atoms with van der Waals surface area (Å²) >= 11 is 0. The first-order valence-corrected chi connectivity index (χ1v) is 7.79. The van der Waals surface area contributed by atoms with Crippen molar-refractivity contribution < 1.29 is 14.1 Å². The SMILES string of the molecule is Cc1ccccc1C(=O)NCc1cc(C(=O)Nc2ccccc2)no1. The summed E-state index contributed by atoms with van der Waals surface area (Å²) in [5.41, 5.74) is 2.32. The summed E-state index contributed by atoms with van der Waals surface area (Å²) in [6.07, 6.45) is 0. The molecule has 6 nitrogen and oxygen atoms in total. The number of carbonyl (C=O) groups excluding carboxylic acids is 2. The van der Waals surface area contributed by atoms with E-state index < -0.39 is 0 Å². The fourth-order valence-corrected chi connectivity index (χ4v) is 2.31. The molecule has 0 aliphatic carbocycles. The van der Waals surface area contributed by atoms with Gasteiger partial charge in [0.25, 0.3) is 11.8 Å². The topological polar surface area (TPSA) is 84.2 Å². The number of benzene rings is 2. The average molecular weight is 335 g/mol. The molecule has 0 aliphatic heterocycles. The van der Waals surface area contributed by atoms with Gasteiger partial charge >= 0.3 is 0 Å². The molecule has 6 heteroatoms. The smallest absolute Gasteiger partial charge is 0.277 e. The van der Waals surface area contributed by atoms with Gasteiger partial charge in [0.15, 0.2) is 11.5 Å². The first-order valence-electron chi connectivity index (χ1n) is 7.79. The van der Waals surface area contributed by atoms with Crippen LogP contribution in [0.5, 0.6) is 0 Å². The van der Waals surface area contributed by atoms with Crippen molar-refractivity contribution in [2.75, 3.05) is 5.32 Å². The van der Waals surface area contributed by atoms with E-state index in [0.29, 0.717) is 17.0 Å². The third-order valence-corrected chi connectivity index (χ3v) is 3.64. The lowest BCUT2D eigenvalue weighted by atomic mass is 10.1. The molecule has 1 aromatic heterocycles. The lowest BCUT2D eigenvalue weighted by Gasteiger charge is -2.05. The average Bonchev–Trinajstić information content (AvgIpc) is 3.10. The first-order chi connectivity index (χ1) is 12.1. The summed E-state index contributed by atoms with van der Waals surface area (Å²) in [5, 5.41) is 9.22. The number of anilines is 1. The fourth-order valence-electron chi connectivity index (χ4n) is 2.31. The monoisotopic (exact) mass is 335 g/mol. The maximum Gasteiger partial charge on any atom is 0.277 e. The number of hydrogen-bond acceptors (Lipinski definition) is 4. The normalized spacial score (nSPS) is 10.3. The molecule has 25 heavy (non-hydrogen) atoms. The van der Waals surface area contributed by atoms with Crippen LogP contribution >= 0.6 is 0 Å². The molecule has 3 aromatic rings. The first kappa shape index (κ1) is 16.4. The highest BCUT2D eigenvalue weighted by atomic mass is 16.5. The van der Waals surface area contributed by atoms with Gasteiger partial charge in [-0.1, -0.05) is 41.6 Å².